The first-order valence-corrected chi connectivity index (χ1v) is 8.08. The van der Waals surface area contributed by atoms with Crippen molar-refractivity contribution in [1.29, 1.82) is 0 Å². The second kappa shape index (κ2) is 8.18. The molecule has 0 aromatic heterocycles. The second-order valence-corrected chi connectivity index (χ2v) is 6.08. The highest BCUT2D eigenvalue weighted by Crippen LogP contribution is 2.26. The average Bonchev–Trinajstić information content (AvgIpc) is 2.56. The predicted octanol–water partition coefficient (Wildman–Crippen LogP) is 3.50. The van der Waals surface area contributed by atoms with E-state index in [2.05, 4.69) is 12.2 Å². The lowest BCUT2D eigenvalue weighted by atomic mass is 9.84. The molecule has 0 aliphatic heterocycles. The molecule has 0 amide bonds. The summed E-state index contributed by atoms with van der Waals surface area (Å²) < 4.78 is 4.97. The summed E-state index contributed by atoms with van der Waals surface area (Å²) in [6, 6.07) is 10.4. The summed E-state index contributed by atoms with van der Waals surface area (Å²) in [5.41, 5.74) is 1.02. The van der Waals surface area contributed by atoms with Gasteiger partial charge in [-0.25, -0.2) is 0 Å². The minimum Gasteiger partial charge on any atom is -0.469 e. The van der Waals surface area contributed by atoms with Crippen LogP contribution in [0.4, 0.5) is 0 Å². The fraction of sp³-hybridized carbons (Fsp3) is 0.611. The standard InChI is InChI=1S/C18H27NO2/c1-14(15-9-5-3-6-10-15)19-13-17(18(20)21-2)16-11-7-4-8-12-16/h4,7-8,11-12,14-15,17,19H,3,5-6,9-10,13H2,1-2H3. The van der Waals surface area contributed by atoms with Crippen LogP contribution in [-0.2, 0) is 9.53 Å². The number of methoxy groups -OCH3 is 1. The minimum atomic E-state index is -0.220. The first-order chi connectivity index (χ1) is 10.2. The number of ether oxygens (including phenoxy) is 1. The van der Waals surface area contributed by atoms with Crippen LogP contribution in [0.2, 0.25) is 0 Å². The van der Waals surface area contributed by atoms with Crippen LogP contribution < -0.4 is 5.32 Å². The molecular formula is C18H27NO2. The van der Waals surface area contributed by atoms with Crippen LogP contribution in [0, 0.1) is 5.92 Å². The Morgan fingerprint density at radius 1 is 1.24 bits per heavy atom. The molecule has 21 heavy (non-hydrogen) atoms. The van der Waals surface area contributed by atoms with Crippen molar-refractivity contribution >= 4 is 5.97 Å². The lowest BCUT2D eigenvalue weighted by Gasteiger charge is -2.29. The number of benzene rings is 1. The van der Waals surface area contributed by atoms with Gasteiger partial charge >= 0.3 is 5.97 Å². The molecule has 0 heterocycles. The number of nitrogens with one attached hydrogen (secondary N) is 1. The van der Waals surface area contributed by atoms with Crippen LogP contribution in [0.5, 0.6) is 0 Å². The molecule has 1 aromatic carbocycles. The molecule has 3 heteroatoms. The molecule has 0 bridgehead atoms. The van der Waals surface area contributed by atoms with E-state index in [1.807, 2.05) is 30.3 Å². The highest BCUT2D eigenvalue weighted by atomic mass is 16.5. The van der Waals surface area contributed by atoms with Crippen LogP contribution >= 0.6 is 0 Å². The molecule has 0 radical (unpaired) electrons. The molecule has 1 fully saturated rings. The maximum absolute atomic E-state index is 12.0. The van der Waals surface area contributed by atoms with Crippen LogP contribution in [0.1, 0.15) is 50.5 Å². The number of rotatable bonds is 6. The molecule has 1 aliphatic rings. The summed E-state index contributed by atoms with van der Waals surface area (Å²) in [5, 5.41) is 3.57. The molecule has 2 rings (SSSR count). The van der Waals surface area contributed by atoms with Gasteiger partial charge in [-0.15, -0.1) is 0 Å². The van der Waals surface area contributed by atoms with Gasteiger partial charge < -0.3 is 10.1 Å². The van der Waals surface area contributed by atoms with Gasteiger partial charge in [0.25, 0.3) is 0 Å². The average molecular weight is 289 g/mol. The highest BCUT2D eigenvalue weighted by molar-refractivity contribution is 5.78. The number of carbonyl (C=O) groups excluding carboxylic acids is 1. The van der Waals surface area contributed by atoms with Gasteiger partial charge in [0.2, 0.25) is 0 Å². The Morgan fingerprint density at radius 2 is 1.90 bits per heavy atom. The van der Waals surface area contributed by atoms with Crippen LogP contribution in [-0.4, -0.2) is 25.7 Å². The van der Waals surface area contributed by atoms with Gasteiger partial charge in [0, 0.05) is 12.6 Å². The third-order valence-electron chi connectivity index (χ3n) is 4.69. The highest BCUT2D eigenvalue weighted by Gasteiger charge is 2.24. The van der Waals surface area contributed by atoms with Crippen molar-refractivity contribution in [1.82, 2.24) is 5.32 Å². The van der Waals surface area contributed by atoms with Crippen LogP contribution in [0.15, 0.2) is 30.3 Å². The van der Waals surface area contributed by atoms with Gasteiger partial charge in [-0.2, -0.15) is 0 Å². The molecule has 2 unspecified atom stereocenters. The molecule has 2 atom stereocenters. The van der Waals surface area contributed by atoms with E-state index in [-0.39, 0.29) is 11.9 Å². The first-order valence-electron chi connectivity index (χ1n) is 8.08. The molecule has 1 aliphatic carbocycles. The summed E-state index contributed by atoms with van der Waals surface area (Å²) in [5.74, 6) is 0.361. The smallest absolute Gasteiger partial charge is 0.314 e. The van der Waals surface area contributed by atoms with Crippen LogP contribution in [0.25, 0.3) is 0 Å². The first kappa shape index (κ1) is 16.0. The van der Waals surface area contributed by atoms with Crippen molar-refractivity contribution in [3.05, 3.63) is 35.9 Å². The Kier molecular flexibility index (Phi) is 6.24. The zero-order valence-electron chi connectivity index (χ0n) is 13.2. The van der Waals surface area contributed by atoms with Crippen molar-refractivity contribution in [3.8, 4) is 0 Å². The lowest BCUT2D eigenvalue weighted by molar-refractivity contribution is -0.142. The summed E-state index contributed by atoms with van der Waals surface area (Å²) >= 11 is 0. The van der Waals surface area contributed by atoms with E-state index in [9.17, 15) is 4.79 Å². The Bertz CT molecular complexity index is 426. The summed E-state index contributed by atoms with van der Waals surface area (Å²) in [7, 11) is 1.46. The lowest BCUT2D eigenvalue weighted by Crippen LogP contribution is -2.38. The Hall–Kier alpha value is -1.35. The fourth-order valence-corrected chi connectivity index (χ4v) is 3.27. The third kappa shape index (κ3) is 4.57. The molecule has 116 valence electrons. The minimum absolute atomic E-state index is 0.162. The van der Waals surface area contributed by atoms with E-state index in [1.54, 1.807) is 0 Å². The van der Waals surface area contributed by atoms with E-state index >= 15 is 0 Å². The monoisotopic (exact) mass is 289 g/mol. The third-order valence-corrected chi connectivity index (χ3v) is 4.69. The summed E-state index contributed by atoms with van der Waals surface area (Å²) in [6.45, 7) is 2.89. The predicted molar refractivity (Wildman–Crippen MR) is 85.2 cm³/mol. The Balaban J connectivity index is 1.94. The van der Waals surface area contributed by atoms with Gasteiger partial charge in [0.05, 0.1) is 13.0 Å². The molecule has 0 saturated heterocycles. The van der Waals surface area contributed by atoms with E-state index in [1.165, 1.54) is 39.2 Å². The maximum atomic E-state index is 12.0. The Morgan fingerprint density at radius 3 is 2.52 bits per heavy atom. The largest absolute Gasteiger partial charge is 0.469 e. The molecule has 1 saturated carbocycles. The number of hydrogen-bond donors (Lipinski definition) is 1. The van der Waals surface area contributed by atoms with E-state index in [0.717, 1.165) is 11.5 Å². The van der Waals surface area contributed by atoms with Crippen LogP contribution in [0.3, 0.4) is 0 Å². The van der Waals surface area contributed by atoms with Gasteiger partial charge in [0.15, 0.2) is 0 Å². The van der Waals surface area contributed by atoms with Crippen molar-refractivity contribution < 1.29 is 9.53 Å². The summed E-state index contributed by atoms with van der Waals surface area (Å²) in [4.78, 5) is 12.0. The van der Waals surface area contributed by atoms with Gasteiger partial charge in [0.1, 0.15) is 0 Å². The molecule has 3 nitrogen and oxygen atoms in total. The molecule has 1 N–H and O–H groups in total. The molecular weight excluding hydrogens is 262 g/mol. The maximum Gasteiger partial charge on any atom is 0.314 e. The van der Waals surface area contributed by atoms with Gasteiger partial charge in [-0.3, -0.25) is 4.79 Å². The second-order valence-electron chi connectivity index (χ2n) is 6.08. The van der Waals surface area contributed by atoms with E-state index in [0.29, 0.717) is 12.6 Å². The zero-order chi connectivity index (χ0) is 15.1. The van der Waals surface area contributed by atoms with Gasteiger partial charge in [-0.1, -0.05) is 49.6 Å². The van der Waals surface area contributed by atoms with Crippen molar-refractivity contribution in [3.63, 3.8) is 0 Å². The quantitative estimate of drug-likeness (QED) is 0.815. The number of carbonyl (C=O) groups is 1. The zero-order valence-corrected chi connectivity index (χ0v) is 13.2. The topological polar surface area (TPSA) is 38.3 Å². The van der Waals surface area contributed by atoms with E-state index < -0.39 is 0 Å². The summed E-state index contributed by atoms with van der Waals surface area (Å²) in [6.07, 6.45) is 6.68. The van der Waals surface area contributed by atoms with Crippen molar-refractivity contribution in [2.75, 3.05) is 13.7 Å². The SMILES string of the molecule is COC(=O)C(CNC(C)C1CCCCC1)c1ccccc1. The van der Waals surface area contributed by atoms with E-state index in [4.69, 9.17) is 4.74 Å². The van der Waals surface area contributed by atoms with Crippen molar-refractivity contribution in [2.24, 2.45) is 5.92 Å². The Labute approximate surface area is 128 Å². The van der Waals surface area contributed by atoms with Gasteiger partial charge in [-0.05, 0) is 31.2 Å². The van der Waals surface area contributed by atoms with Crippen molar-refractivity contribution in [2.45, 2.75) is 51.0 Å². The fourth-order valence-electron chi connectivity index (χ4n) is 3.27. The number of esters is 1. The number of hydrogen-bond acceptors (Lipinski definition) is 3. The molecule has 1 aromatic rings. The molecule has 0 spiro atoms. The normalized spacial score (nSPS) is 19.0.